The van der Waals surface area contributed by atoms with Crippen LogP contribution >= 0.6 is 11.6 Å². The molecule has 2 aromatic rings. The SMILES string of the molecule is Cc1ccc(-n2c(C)c(CC(=O)O)c(C)nc2=O)c(Cl)c1. The Morgan fingerprint density at radius 1 is 1.33 bits per heavy atom. The summed E-state index contributed by atoms with van der Waals surface area (Å²) in [5.41, 5.74) is 2.51. The molecule has 1 heterocycles. The molecule has 21 heavy (non-hydrogen) atoms. The van der Waals surface area contributed by atoms with Gasteiger partial charge in [0.2, 0.25) is 0 Å². The molecule has 0 spiro atoms. The summed E-state index contributed by atoms with van der Waals surface area (Å²) in [6.07, 6.45) is -0.186. The van der Waals surface area contributed by atoms with Crippen molar-refractivity contribution in [2.75, 3.05) is 0 Å². The van der Waals surface area contributed by atoms with Gasteiger partial charge in [-0.2, -0.15) is 4.98 Å². The first kappa shape index (κ1) is 15.3. The zero-order valence-electron chi connectivity index (χ0n) is 12.0. The molecule has 0 aliphatic rings. The number of nitrogens with zero attached hydrogens (tertiary/aromatic N) is 2. The minimum atomic E-state index is -0.969. The average molecular weight is 307 g/mol. The Bertz CT molecular complexity index is 781. The summed E-state index contributed by atoms with van der Waals surface area (Å²) in [5, 5.41) is 9.42. The van der Waals surface area contributed by atoms with Crippen LogP contribution in [-0.4, -0.2) is 20.6 Å². The van der Waals surface area contributed by atoms with Crippen molar-refractivity contribution in [3.8, 4) is 5.69 Å². The van der Waals surface area contributed by atoms with Gasteiger partial charge >= 0.3 is 11.7 Å². The zero-order valence-corrected chi connectivity index (χ0v) is 12.7. The molecule has 2 rings (SSSR count). The second kappa shape index (κ2) is 5.69. The lowest BCUT2D eigenvalue weighted by molar-refractivity contribution is -0.136. The normalized spacial score (nSPS) is 10.7. The molecule has 1 N–H and O–H groups in total. The maximum absolute atomic E-state index is 12.2. The number of hydrogen-bond acceptors (Lipinski definition) is 3. The van der Waals surface area contributed by atoms with Gasteiger partial charge in [0.05, 0.1) is 17.1 Å². The topological polar surface area (TPSA) is 72.2 Å². The summed E-state index contributed by atoms with van der Waals surface area (Å²) in [6, 6.07) is 5.32. The van der Waals surface area contributed by atoms with E-state index in [9.17, 15) is 9.59 Å². The molecule has 0 radical (unpaired) electrons. The molecule has 0 bridgehead atoms. The first-order valence-corrected chi connectivity index (χ1v) is 6.76. The Morgan fingerprint density at radius 3 is 2.57 bits per heavy atom. The van der Waals surface area contributed by atoms with Gasteiger partial charge in [-0.25, -0.2) is 4.79 Å². The Morgan fingerprint density at radius 2 is 2.00 bits per heavy atom. The Labute approximate surface area is 126 Å². The standard InChI is InChI=1S/C15H15ClN2O3/c1-8-4-5-13(12(16)6-8)18-10(3)11(7-14(19)20)9(2)17-15(18)21/h4-6H,7H2,1-3H3,(H,19,20). The molecule has 5 nitrogen and oxygen atoms in total. The minimum Gasteiger partial charge on any atom is -0.481 e. The first-order chi connectivity index (χ1) is 9.81. The van der Waals surface area contributed by atoms with E-state index in [1.807, 2.05) is 13.0 Å². The summed E-state index contributed by atoms with van der Waals surface area (Å²) >= 11 is 6.20. The summed E-state index contributed by atoms with van der Waals surface area (Å²) < 4.78 is 1.35. The van der Waals surface area contributed by atoms with Crippen LogP contribution in [0.5, 0.6) is 0 Å². The van der Waals surface area contributed by atoms with Crippen LogP contribution in [0.3, 0.4) is 0 Å². The molecule has 0 aliphatic carbocycles. The Balaban J connectivity index is 2.74. The predicted octanol–water partition coefficient (Wildman–Crippen LogP) is 2.44. The van der Waals surface area contributed by atoms with Crippen LogP contribution in [0, 0.1) is 20.8 Å². The lowest BCUT2D eigenvalue weighted by Gasteiger charge is -2.15. The maximum Gasteiger partial charge on any atom is 0.352 e. The number of aryl methyl sites for hydroxylation is 2. The molecule has 0 atom stereocenters. The van der Waals surface area contributed by atoms with Crippen molar-refractivity contribution in [1.82, 2.24) is 9.55 Å². The molecular weight excluding hydrogens is 292 g/mol. The Kier molecular flexibility index (Phi) is 4.14. The van der Waals surface area contributed by atoms with Crippen molar-refractivity contribution in [3.05, 3.63) is 56.2 Å². The van der Waals surface area contributed by atoms with Crippen LogP contribution in [0.1, 0.15) is 22.5 Å². The van der Waals surface area contributed by atoms with Crippen molar-refractivity contribution < 1.29 is 9.90 Å². The van der Waals surface area contributed by atoms with Gasteiger partial charge in [0.1, 0.15) is 0 Å². The highest BCUT2D eigenvalue weighted by Crippen LogP contribution is 2.23. The number of carboxylic acid groups (broad SMARTS) is 1. The molecule has 0 fully saturated rings. The van der Waals surface area contributed by atoms with E-state index >= 15 is 0 Å². The fraction of sp³-hybridized carbons (Fsp3) is 0.267. The molecule has 0 saturated heterocycles. The van der Waals surface area contributed by atoms with Crippen molar-refractivity contribution in [2.45, 2.75) is 27.2 Å². The van der Waals surface area contributed by atoms with Gasteiger partial charge in [0, 0.05) is 17.0 Å². The Hall–Kier alpha value is -2.14. The zero-order chi connectivity index (χ0) is 15.7. The summed E-state index contributed by atoms with van der Waals surface area (Å²) in [7, 11) is 0. The molecule has 0 amide bonds. The van der Waals surface area contributed by atoms with E-state index in [0.29, 0.717) is 27.7 Å². The smallest absolute Gasteiger partial charge is 0.352 e. The lowest BCUT2D eigenvalue weighted by Crippen LogP contribution is -2.27. The summed E-state index contributed by atoms with van der Waals surface area (Å²) in [4.78, 5) is 27.1. The van der Waals surface area contributed by atoms with Crippen LogP contribution in [-0.2, 0) is 11.2 Å². The van der Waals surface area contributed by atoms with Crippen LogP contribution in [0.4, 0.5) is 0 Å². The van der Waals surface area contributed by atoms with Gasteiger partial charge in [0.15, 0.2) is 0 Å². The molecule has 0 saturated carbocycles. The molecule has 0 aliphatic heterocycles. The van der Waals surface area contributed by atoms with E-state index in [1.54, 1.807) is 26.0 Å². The van der Waals surface area contributed by atoms with Gasteiger partial charge < -0.3 is 5.11 Å². The van der Waals surface area contributed by atoms with E-state index in [-0.39, 0.29) is 6.42 Å². The van der Waals surface area contributed by atoms with Crippen LogP contribution in [0.2, 0.25) is 5.02 Å². The monoisotopic (exact) mass is 306 g/mol. The first-order valence-electron chi connectivity index (χ1n) is 6.38. The van der Waals surface area contributed by atoms with E-state index in [4.69, 9.17) is 16.7 Å². The van der Waals surface area contributed by atoms with Crippen molar-refractivity contribution in [3.63, 3.8) is 0 Å². The highest BCUT2D eigenvalue weighted by Gasteiger charge is 2.16. The molecule has 0 unspecified atom stereocenters. The third-order valence-electron chi connectivity index (χ3n) is 3.34. The fourth-order valence-electron chi connectivity index (χ4n) is 2.29. The third-order valence-corrected chi connectivity index (χ3v) is 3.64. The number of aromatic nitrogens is 2. The van der Waals surface area contributed by atoms with E-state index < -0.39 is 11.7 Å². The maximum atomic E-state index is 12.2. The number of rotatable bonds is 3. The van der Waals surface area contributed by atoms with Gasteiger partial charge in [-0.15, -0.1) is 0 Å². The molecule has 6 heteroatoms. The quantitative estimate of drug-likeness (QED) is 0.945. The number of halogens is 1. The minimum absolute atomic E-state index is 0.186. The van der Waals surface area contributed by atoms with E-state index in [0.717, 1.165) is 5.56 Å². The number of hydrogen-bond donors (Lipinski definition) is 1. The molecular formula is C15H15ClN2O3. The van der Waals surface area contributed by atoms with Crippen LogP contribution < -0.4 is 5.69 Å². The van der Waals surface area contributed by atoms with E-state index in [2.05, 4.69) is 4.98 Å². The average Bonchev–Trinajstić information content (AvgIpc) is 2.36. The number of carboxylic acids is 1. The molecule has 1 aromatic carbocycles. The molecule has 1 aromatic heterocycles. The predicted molar refractivity (Wildman–Crippen MR) is 80.4 cm³/mol. The second-order valence-corrected chi connectivity index (χ2v) is 5.31. The van der Waals surface area contributed by atoms with Crippen molar-refractivity contribution in [1.29, 1.82) is 0 Å². The number of aliphatic carboxylic acids is 1. The van der Waals surface area contributed by atoms with Crippen LogP contribution in [0.25, 0.3) is 5.69 Å². The highest BCUT2D eigenvalue weighted by molar-refractivity contribution is 6.32. The fourth-order valence-corrected chi connectivity index (χ4v) is 2.60. The lowest BCUT2D eigenvalue weighted by atomic mass is 10.1. The number of benzene rings is 1. The largest absolute Gasteiger partial charge is 0.481 e. The number of carbonyl (C=O) groups is 1. The highest BCUT2D eigenvalue weighted by atomic mass is 35.5. The summed E-state index contributed by atoms with van der Waals surface area (Å²) in [6.45, 7) is 5.23. The van der Waals surface area contributed by atoms with Gasteiger partial charge in [-0.1, -0.05) is 17.7 Å². The molecule has 110 valence electrons. The van der Waals surface area contributed by atoms with Crippen molar-refractivity contribution in [2.24, 2.45) is 0 Å². The van der Waals surface area contributed by atoms with Gasteiger partial charge in [-0.3, -0.25) is 9.36 Å². The van der Waals surface area contributed by atoms with Gasteiger partial charge in [-0.05, 0) is 38.5 Å². The van der Waals surface area contributed by atoms with Crippen molar-refractivity contribution >= 4 is 17.6 Å². The van der Waals surface area contributed by atoms with Gasteiger partial charge in [0.25, 0.3) is 0 Å². The van der Waals surface area contributed by atoms with E-state index in [1.165, 1.54) is 4.57 Å². The van der Waals surface area contributed by atoms with Crippen LogP contribution in [0.15, 0.2) is 23.0 Å². The second-order valence-electron chi connectivity index (χ2n) is 4.90. The summed E-state index contributed by atoms with van der Waals surface area (Å²) in [5.74, 6) is -0.969. The third kappa shape index (κ3) is 2.97.